The van der Waals surface area contributed by atoms with Crippen LogP contribution in [0.2, 0.25) is 5.02 Å². The zero-order valence-corrected chi connectivity index (χ0v) is 15.8. The molecule has 8 heteroatoms. The molecule has 0 saturated carbocycles. The van der Waals surface area contributed by atoms with Crippen molar-refractivity contribution in [1.29, 1.82) is 0 Å². The first kappa shape index (κ1) is 20.0. The Hall–Kier alpha value is -3.71. The van der Waals surface area contributed by atoms with Crippen molar-refractivity contribution in [3.8, 4) is 11.1 Å². The largest absolute Gasteiger partial charge is 0.452 e. The minimum absolute atomic E-state index is 0.00423. The Morgan fingerprint density at radius 2 is 1.69 bits per heavy atom. The second-order valence-corrected chi connectivity index (χ2v) is 6.36. The smallest absolute Gasteiger partial charge is 0.340 e. The number of para-hydroxylation sites is 1. The molecular weight excluding hydrogens is 396 g/mol. The lowest BCUT2D eigenvalue weighted by Gasteiger charge is -2.12. The van der Waals surface area contributed by atoms with Gasteiger partial charge in [0.25, 0.3) is 11.6 Å². The van der Waals surface area contributed by atoms with Gasteiger partial charge in [-0.1, -0.05) is 60.1 Å². The second kappa shape index (κ2) is 8.99. The third-order valence-electron chi connectivity index (χ3n) is 4.00. The van der Waals surface area contributed by atoms with E-state index in [-0.39, 0.29) is 16.3 Å². The number of benzene rings is 3. The zero-order valence-electron chi connectivity index (χ0n) is 15.0. The number of carbonyl (C=O) groups is 2. The van der Waals surface area contributed by atoms with Gasteiger partial charge in [-0.3, -0.25) is 14.9 Å². The summed E-state index contributed by atoms with van der Waals surface area (Å²) in [6.45, 7) is -0.568. The van der Waals surface area contributed by atoms with Crippen molar-refractivity contribution in [2.45, 2.75) is 0 Å². The van der Waals surface area contributed by atoms with E-state index in [2.05, 4.69) is 5.32 Å². The number of nitro groups is 1. The highest BCUT2D eigenvalue weighted by molar-refractivity contribution is 6.33. The van der Waals surface area contributed by atoms with Gasteiger partial charge < -0.3 is 10.1 Å². The molecule has 3 rings (SSSR count). The van der Waals surface area contributed by atoms with Gasteiger partial charge in [-0.2, -0.15) is 0 Å². The normalized spacial score (nSPS) is 10.2. The molecule has 0 radical (unpaired) electrons. The summed E-state index contributed by atoms with van der Waals surface area (Å²) >= 11 is 5.91. The van der Waals surface area contributed by atoms with Crippen molar-refractivity contribution in [3.63, 3.8) is 0 Å². The third-order valence-corrected chi connectivity index (χ3v) is 4.33. The van der Waals surface area contributed by atoms with Crippen LogP contribution in [0, 0.1) is 10.1 Å². The van der Waals surface area contributed by atoms with Gasteiger partial charge in [-0.05, 0) is 17.7 Å². The van der Waals surface area contributed by atoms with E-state index in [9.17, 15) is 19.7 Å². The molecule has 0 aromatic heterocycles. The Morgan fingerprint density at radius 3 is 2.41 bits per heavy atom. The molecule has 146 valence electrons. The Bertz CT molecular complexity index is 1070. The predicted octanol–water partition coefficient (Wildman–Crippen LogP) is 4.71. The molecule has 0 aliphatic heterocycles. The van der Waals surface area contributed by atoms with Crippen LogP contribution >= 0.6 is 11.6 Å². The number of non-ortho nitro benzene ring substituents is 1. The highest BCUT2D eigenvalue weighted by Gasteiger charge is 2.18. The Kier molecular flexibility index (Phi) is 6.21. The monoisotopic (exact) mass is 410 g/mol. The quantitative estimate of drug-likeness (QED) is 0.360. The van der Waals surface area contributed by atoms with E-state index in [1.54, 1.807) is 12.1 Å². The SMILES string of the molecule is O=C(COC(=O)c1cc([N+](=O)[O-])ccc1Cl)Nc1ccccc1-c1ccccc1. The maximum atomic E-state index is 12.3. The maximum Gasteiger partial charge on any atom is 0.340 e. The molecule has 3 aromatic carbocycles. The molecule has 1 amide bonds. The van der Waals surface area contributed by atoms with Gasteiger partial charge in [0.05, 0.1) is 15.5 Å². The van der Waals surface area contributed by atoms with Gasteiger partial charge in [-0.15, -0.1) is 0 Å². The van der Waals surface area contributed by atoms with Crippen molar-refractivity contribution < 1.29 is 19.2 Å². The summed E-state index contributed by atoms with van der Waals surface area (Å²) in [5.41, 5.74) is 1.81. The number of esters is 1. The van der Waals surface area contributed by atoms with E-state index in [1.807, 2.05) is 42.5 Å². The molecule has 0 bridgehead atoms. The van der Waals surface area contributed by atoms with E-state index in [0.29, 0.717) is 5.69 Å². The molecule has 0 aliphatic rings. The van der Waals surface area contributed by atoms with Crippen LogP contribution in [-0.2, 0) is 9.53 Å². The molecule has 0 unspecified atom stereocenters. The van der Waals surface area contributed by atoms with E-state index < -0.39 is 23.4 Å². The fourth-order valence-electron chi connectivity index (χ4n) is 2.64. The summed E-state index contributed by atoms with van der Waals surface area (Å²) in [6, 6.07) is 20.1. The lowest BCUT2D eigenvalue weighted by Crippen LogP contribution is -2.21. The number of carbonyl (C=O) groups excluding carboxylic acids is 2. The number of halogens is 1. The molecule has 29 heavy (non-hydrogen) atoms. The van der Waals surface area contributed by atoms with Gasteiger partial charge in [0.15, 0.2) is 6.61 Å². The number of nitrogens with one attached hydrogen (secondary N) is 1. The second-order valence-electron chi connectivity index (χ2n) is 5.96. The lowest BCUT2D eigenvalue weighted by atomic mass is 10.0. The topological polar surface area (TPSA) is 98.5 Å². The minimum Gasteiger partial charge on any atom is -0.452 e. The highest BCUT2D eigenvalue weighted by Crippen LogP contribution is 2.27. The van der Waals surface area contributed by atoms with Crippen LogP contribution in [0.1, 0.15) is 10.4 Å². The van der Waals surface area contributed by atoms with Gasteiger partial charge in [0, 0.05) is 23.4 Å². The summed E-state index contributed by atoms with van der Waals surface area (Å²) in [5.74, 6) is -1.48. The first-order chi connectivity index (χ1) is 14.0. The third kappa shape index (κ3) is 4.97. The molecule has 3 aromatic rings. The molecule has 0 spiro atoms. The van der Waals surface area contributed by atoms with Crippen LogP contribution in [0.3, 0.4) is 0 Å². The van der Waals surface area contributed by atoms with Gasteiger partial charge in [0.2, 0.25) is 0 Å². The number of amides is 1. The first-order valence-corrected chi connectivity index (χ1v) is 8.89. The van der Waals surface area contributed by atoms with Gasteiger partial charge >= 0.3 is 5.97 Å². The van der Waals surface area contributed by atoms with E-state index in [1.165, 1.54) is 12.1 Å². The van der Waals surface area contributed by atoms with Crippen LogP contribution in [0.15, 0.2) is 72.8 Å². The molecule has 0 fully saturated rings. The van der Waals surface area contributed by atoms with Crippen molar-refractivity contribution in [2.75, 3.05) is 11.9 Å². The zero-order chi connectivity index (χ0) is 20.8. The molecule has 1 N–H and O–H groups in total. The Labute approximate surface area is 171 Å². The number of hydrogen-bond acceptors (Lipinski definition) is 5. The molecule has 7 nitrogen and oxygen atoms in total. The van der Waals surface area contributed by atoms with Gasteiger partial charge in [-0.25, -0.2) is 4.79 Å². The van der Waals surface area contributed by atoms with Crippen LogP contribution in [0.25, 0.3) is 11.1 Å². The number of ether oxygens (including phenoxy) is 1. The summed E-state index contributed by atoms with van der Waals surface area (Å²) < 4.78 is 4.97. The standard InChI is InChI=1S/C21H15ClN2O5/c22-18-11-10-15(24(27)28)12-17(18)21(26)29-13-20(25)23-19-9-5-4-8-16(19)14-6-2-1-3-7-14/h1-12H,13H2,(H,23,25). The number of hydrogen-bond donors (Lipinski definition) is 1. The van der Waals surface area contributed by atoms with Crippen LogP contribution < -0.4 is 5.32 Å². The lowest BCUT2D eigenvalue weighted by molar-refractivity contribution is -0.384. The Morgan fingerprint density at radius 1 is 1.00 bits per heavy atom. The molecular formula is C21H15ClN2O5. The van der Waals surface area contributed by atoms with Crippen molar-refractivity contribution in [2.24, 2.45) is 0 Å². The molecule has 0 atom stereocenters. The summed E-state index contributed by atoms with van der Waals surface area (Å²) in [7, 11) is 0. The molecule has 0 heterocycles. The van der Waals surface area contributed by atoms with Crippen LogP contribution in [0.5, 0.6) is 0 Å². The van der Waals surface area contributed by atoms with E-state index in [0.717, 1.165) is 17.2 Å². The highest BCUT2D eigenvalue weighted by atomic mass is 35.5. The van der Waals surface area contributed by atoms with Crippen molar-refractivity contribution in [1.82, 2.24) is 0 Å². The van der Waals surface area contributed by atoms with Crippen molar-refractivity contribution in [3.05, 3.63) is 93.5 Å². The number of nitrogens with zero attached hydrogens (tertiary/aromatic N) is 1. The Balaban J connectivity index is 1.68. The average Bonchev–Trinajstić information content (AvgIpc) is 2.73. The van der Waals surface area contributed by atoms with Crippen LogP contribution in [0.4, 0.5) is 11.4 Å². The fourth-order valence-corrected chi connectivity index (χ4v) is 2.83. The van der Waals surface area contributed by atoms with Gasteiger partial charge in [0.1, 0.15) is 0 Å². The van der Waals surface area contributed by atoms with E-state index >= 15 is 0 Å². The number of nitro benzene ring substituents is 1. The first-order valence-electron chi connectivity index (χ1n) is 8.51. The maximum absolute atomic E-state index is 12.3. The summed E-state index contributed by atoms with van der Waals surface area (Å²) in [4.78, 5) is 34.6. The average molecular weight is 411 g/mol. The van der Waals surface area contributed by atoms with Crippen molar-refractivity contribution >= 4 is 34.9 Å². The summed E-state index contributed by atoms with van der Waals surface area (Å²) in [5, 5.41) is 13.5. The predicted molar refractivity (Wildman–Crippen MR) is 109 cm³/mol. The molecule has 0 saturated heterocycles. The van der Waals surface area contributed by atoms with Crippen LogP contribution in [-0.4, -0.2) is 23.4 Å². The van der Waals surface area contributed by atoms with E-state index in [4.69, 9.17) is 16.3 Å². The molecule has 0 aliphatic carbocycles. The fraction of sp³-hybridized carbons (Fsp3) is 0.0476. The summed E-state index contributed by atoms with van der Waals surface area (Å²) in [6.07, 6.45) is 0. The number of anilines is 1. The number of rotatable bonds is 6. The minimum atomic E-state index is -0.926.